The summed E-state index contributed by atoms with van der Waals surface area (Å²) in [5.74, 6) is 0.752. The third-order valence-electron chi connectivity index (χ3n) is 4.54. The molecule has 1 N–H and O–H groups in total. The Morgan fingerprint density at radius 3 is 2.39 bits per heavy atom. The minimum Gasteiger partial charge on any atom is -0.338 e. The van der Waals surface area contributed by atoms with E-state index in [1.165, 1.54) is 38.5 Å². The van der Waals surface area contributed by atoms with Gasteiger partial charge in [0.15, 0.2) is 0 Å². The average Bonchev–Trinajstić information content (AvgIpc) is 2.69. The second-order valence-corrected chi connectivity index (χ2v) is 5.81. The lowest BCUT2D eigenvalue weighted by Gasteiger charge is -2.36. The van der Waals surface area contributed by atoms with Gasteiger partial charge < -0.3 is 10.2 Å². The van der Waals surface area contributed by atoms with Gasteiger partial charge in [-0.3, -0.25) is 4.79 Å². The molecule has 3 nitrogen and oxygen atoms in total. The van der Waals surface area contributed by atoms with Gasteiger partial charge in [0.25, 0.3) is 0 Å². The number of likely N-dealkylation sites (N-methyl/N-ethyl adjacent to an activating group) is 1. The molecule has 1 saturated carbocycles. The van der Waals surface area contributed by atoms with Crippen LogP contribution in [0.3, 0.4) is 0 Å². The zero-order valence-corrected chi connectivity index (χ0v) is 11.8. The van der Waals surface area contributed by atoms with Gasteiger partial charge in [0.05, 0.1) is 0 Å². The van der Waals surface area contributed by atoms with Crippen molar-refractivity contribution in [2.24, 2.45) is 5.92 Å². The predicted molar refractivity (Wildman–Crippen MR) is 74.5 cm³/mol. The lowest BCUT2D eigenvalue weighted by molar-refractivity contribution is -0.138. The number of hydrogen-bond acceptors (Lipinski definition) is 2. The second kappa shape index (κ2) is 7.13. The van der Waals surface area contributed by atoms with E-state index in [-0.39, 0.29) is 0 Å². The van der Waals surface area contributed by atoms with Crippen LogP contribution in [0.15, 0.2) is 0 Å². The summed E-state index contributed by atoms with van der Waals surface area (Å²) in [6.07, 6.45) is 9.76. The van der Waals surface area contributed by atoms with Gasteiger partial charge in [0.1, 0.15) is 0 Å². The molecule has 0 radical (unpaired) electrons. The van der Waals surface area contributed by atoms with Gasteiger partial charge >= 0.3 is 0 Å². The van der Waals surface area contributed by atoms with Crippen LogP contribution >= 0.6 is 0 Å². The largest absolute Gasteiger partial charge is 0.338 e. The monoisotopic (exact) mass is 252 g/mol. The topological polar surface area (TPSA) is 32.3 Å². The number of carbonyl (C=O) groups excluding carboxylic acids is 1. The predicted octanol–water partition coefficient (Wildman–Crippen LogP) is 2.56. The Bertz CT molecular complexity index is 253. The maximum absolute atomic E-state index is 12.7. The molecule has 0 aromatic carbocycles. The summed E-state index contributed by atoms with van der Waals surface area (Å²) in [6.45, 7) is 5.11. The highest BCUT2D eigenvalue weighted by Crippen LogP contribution is 2.26. The minimum absolute atomic E-state index is 0.314. The molecule has 0 spiro atoms. The Kier molecular flexibility index (Phi) is 5.48. The molecule has 18 heavy (non-hydrogen) atoms. The lowest BCUT2D eigenvalue weighted by Crippen LogP contribution is -2.50. The molecule has 1 aliphatic heterocycles. The Hall–Kier alpha value is -0.570. The van der Waals surface area contributed by atoms with Crippen molar-refractivity contribution in [2.45, 2.75) is 64.3 Å². The molecule has 2 fully saturated rings. The maximum Gasteiger partial charge on any atom is 0.225 e. The van der Waals surface area contributed by atoms with Gasteiger partial charge in [-0.2, -0.15) is 0 Å². The van der Waals surface area contributed by atoms with Crippen molar-refractivity contribution >= 4 is 5.91 Å². The van der Waals surface area contributed by atoms with Crippen LogP contribution in [0.1, 0.15) is 58.3 Å². The van der Waals surface area contributed by atoms with Crippen LogP contribution in [0.25, 0.3) is 0 Å². The van der Waals surface area contributed by atoms with E-state index in [4.69, 9.17) is 0 Å². The van der Waals surface area contributed by atoms with E-state index in [9.17, 15) is 4.79 Å². The van der Waals surface area contributed by atoms with Crippen LogP contribution in [-0.2, 0) is 4.79 Å². The Morgan fingerprint density at radius 1 is 1.11 bits per heavy atom. The van der Waals surface area contributed by atoms with Crippen molar-refractivity contribution in [3.63, 3.8) is 0 Å². The maximum atomic E-state index is 12.7. The Balaban J connectivity index is 1.94. The highest BCUT2D eigenvalue weighted by molar-refractivity contribution is 5.79. The van der Waals surface area contributed by atoms with Gasteiger partial charge in [-0.1, -0.05) is 25.7 Å². The number of amides is 1. The van der Waals surface area contributed by atoms with Crippen LogP contribution < -0.4 is 5.32 Å². The number of hydrogen-bond donors (Lipinski definition) is 1. The summed E-state index contributed by atoms with van der Waals surface area (Å²) >= 11 is 0. The summed E-state index contributed by atoms with van der Waals surface area (Å²) in [4.78, 5) is 14.8. The van der Waals surface area contributed by atoms with E-state index in [2.05, 4.69) is 17.1 Å². The van der Waals surface area contributed by atoms with E-state index in [1.54, 1.807) is 0 Å². The fourth-order valence-corrected chi connectivity index (χ4v) is 3.45. The fraction of sp³-hybridized carbons (Fsp3) is 0.933. The third kappa shape index (κ3) is 3.47. The summed E-state index contributed by atoms with van der Waals surface area (Å²) < 4.78 is 0. The van der Waals surface area contributed by atoms with Gasteiger partial charge in [0.2, 0.25) is 5.91 Å². The molecule has 104 valence electrons. The highest BCUT2D eigenvalue weighted by Gasteiger charge is 2.29. The van der Waals surface area contributed by atoms with Crippen LogP contribution in [-0.4, -0.2) is 36.5 Å². The van der Waals surface area contributed by atoms with E-state index in [1.807, 2.05) is 0 Å². The average molecular weight is 252 g/mol. The molecule has 2 aliphatic rings. The zero-order valence-electron chi connectivity index (χ0n) is 11.8. The first-order valence-electron chi connectivity index (χ1n) is 7.84. The molecule has 1 atom stereocenters. The Morgan fingerprint density at radius 2 is 1.83 bits per heavy atom. The first-order valence-corrected chi connectivity index (χ1v) is 7.84. The zero-order chi connectivity index (χ0) is 12.8. The molecule has 1 heterocycles. The standard InChI is InChI=1S/C15H28N2O/c1-2-17(14-10-7-11-16-12-14)15(18)13-8-5-3-4-6-9-13/h13-14,16H,2-12H2,1H3. The molecule has 0 aromatic rings. The van der Waals surface area contributed by atoms with Gasteiger partial charge in [-0.05, 0) is 39.2 Å². The summed E-state index contributed by atoms with van der Waals surface area (Å²) in [6, 6.07) is 0.444. The SMILES string of the molecule is CCN(C(=O)C1CCCCCC1)C1CCCNC1. The van der Waals surface area contributed by atoms with Crippen molar-refractivity contribution < 1.29 is 4.79 Å². The van der Waals surface area contributed by atoms with Crippen molar-refractivity contribution in [3.8, 4) is 0 Å². The fourth-order valence-electron chi connectivity index (χ4n) is 3.45. The van der Waals surface area contributed by atoms with Crippen LogP contribution in [0.2, 0.25) is 0 Å². The van der Waals surface area contributed by atoms with Crippen LogP contribution in [0, 0.1) is 5.92 Å². The quantitative estimate of drug-likeness (QED) is 0.783. The summed E-state index contributed by atoms with van der Waals surface area (Å²) in [5.41, 5.74) is 0. The smallest absolute Gasteiger partial charge is 0.225 e. The molecule has 1 aliphatic carbocycles. The van der Waals surface area contributed by atoms with E-state index in [0.29, 0.717) is 17.9 Å². The molecule has 1 unspecified atom stereocenters. The third-order valence-corrected chi connectivity index (χ3v) is 4.54. The lowest BCUT2D eigenvalue weighted by atomic mass is 9.96. The van der Waals surface area contributed by atoms with Gasteiger partial charge in [-0.25, -0.2) is 0 Å². The molecule has 2 rings (SSSR count). The normalized spacial score (nSPS) is 26.6. The minimum atomic E-state index is 0.314. The molecule has 0 bridgehead atoms. The van der Waals surface area contributed by atoms with Gasteiger partial charge in [-0.15, -0.1) is 0 Å². The van der Waals surface area contributed by atoms with Crippen LogP contribution in [0.5, 0.6) is 0 Å². The van der Waals surface area contributed by atoms with Crippen molar-refractivity contribution in [3.05, 3.63) is 0 Å². The van der Waals surface area contributed by atoms with Gasteiger partial charge in [0, 0.05) is 25.0 Å². The molecule has 3 heteroatoms. The Labute approximate surface area is 111 Å². The van der Waals surface area contributed by atoms with Crippen molar-refractivity contribution in [1.29, 1.82) is 0 Å². The highest BCUT2D eigenvalue weighted by atomic mass is 16.2. The van der Waals surface area contributed by atoms with Crippen molar-refractivity contribution in [1.82, 2.24) is 10.2 Å². The van der Waals surface area contributed by atoms with Crippen molar-refractivity contribution in [2.75, 3.05) is 19.6 Å². The summed E-state index contributed by atoms with van der Waals surface area (Å²) in [7, 11) is 0. The number of nitrogens with one attached hydrogen (secondary N) is 1. The molecule has 0 aromatic heterocycles. The first kappa shape index (κ1) is 13.9. The second-order valence-electron chi connectivity index (χ2n) is 5.81. The van der Waals surface area contributed by atoms with E-state index >= 15 is 0 Å². The molecule has 1 saturated heterocycles. The number of piperidine rings is 1. The molecular formula is C15H28N2O. The number of carbonyl (C=O) groups is 1. The van der Waals surface area contributed by atoms with E-state index in [0.717, 1.165) is 32.5 Å². The van der Waals surface area contributed by atoms with Crippen LogP contribution in [0.4, 0.5) is 0 Å². The van der Waals surface area contributed by atoms with E-state index < -0.39 is 0 Å². The number of nitrogens with zero attached hydrogens (tertiary/aromatic N) is 1. The summed E-state index contributed by atoms with van der Waals surface area (Å²) in [5, 5.41) is 3.43. The molecular weight excluding hydrogens is 224 g/mol. The molecule has 1 amide bonds. The number of rotatable bonds is 3. The first-order chi connectivity index (χ1) is 8.83.